The minimum absolute atomic E-state index is 0.0240. The molecule has 0 spiro atoms. The van der Waals surface area contributed by atoms with Crippen LogP contribution in [0.3, 0.4) is 0 Å². The summed E-state index contributed by atoms with van der Waals surface area (Å²) in [6, 6.07) is 10.7. The van der Waals surface area contributed by atoms with Gasteiger partial charge in [-0.1, -0.05) is 26.8 Å². The van der Waals surface area contributed by atoms with Gasteiger partial charge in [-0.3, -0.25) is 4.79 Å². The van der Waals surface area contributed by atoms with Crippen LogP contribution >= 0.6 is 0 Å². The maximum absolute atomic E-state index is 12.3. The maximum atomic E-state index is 12.3. The zero-order chi connectivity index (χ0) is 18.1. The summed E-state index contributed by atoms with van der Waals surface area (Å²) in [5.74, 6) is -0.444. The second-order valence-electron chi connectivity index (χ2n) is 6.73. The van der Waals surface area contributed by atoms with Gasteiger partial charge in [0.1, 0.15) is 5.75 Å². The lowest BCUT2D eigenvalue weighted by Gasteiger charge is -2.20. The van der Waals surface area contributed by atoms with Crippen LogP contribution in [-0.4, -0.2) is 25.7 Å². The number of aromatic hydroxyl groups is 1. The topological polar surface area (TPSA) is 83.5 Å². The summed E-state index contributed by atoms with van der Waals surface area (Å²) in [5.41, 5.74) is 1.48. The standard InChI is InChI=1S/C18H21NO4S/c1-18(2,3)13-7-10-16(20)15(11-13)19-17(21)12-5-8-14(9-6-12)24(4,22)23/h5-11,20H,1-4H3,(H,19,21). The predicted molar refractivity (Wildman–Crippen MR) is 94.3 cm³/mol. The molecule has 6 heteroatoms. The first-order valence-electron chi connectivity index (χ1n) is 7.43. The van der Waals surface area contributed by atoms with Crippen molar-refractivity contribution < 1.29 is 18.3 Å². The van der Waals surface area contributed by atoms with Gasteiger partial charge in [0.15, 0.2) is 9.84 Å². The molecule has 0 atom stereocenters. The number of phenolic OH excluding ortho intramolecular Hbond substituents is 1. The number of phenols is 1. The summed E-state index contributed by atoms with van der Waals surface area (Å²) in [4.78, 5) is 12.5. The van der Waals surface area contributed by atoms with Gasteiger partial charge in [-0.25, -0.2) is 8.42 Å². The summed E-state index contributed by atoms with van der Waals surface area (Å²) in [5, 5.41) is 12.6. The van der Waals surface area contributed by atoms with E-state index in [2.05, 4.69) is 5.32 Å². The lowest BCUT2D eigenvalue weighted by atomic mass is 9.87. The summed E-state index contributed by atoms with van der Waals surface area (Å²) in [7, 11) is -3.30. The average Bonchev–Trinajstić information content (AvgIpc) is 2.47. The molecule has 2 aromatic carbocycles. The SMILES string of the molecule is CC(C)(C)c1ccc(O)c(NC(=O)c2ccc(S(C)(=O)=O)cc2)c1. The normalized spacial score (nSPS) is 12.0. The Labute approximate surface area is 142 Å². The molecule has 0 aliphatic rings. The van der Waals surface area contributed by atoms with Crippen molar-refractivity contribution in [1.82, 2.24) is 0 Å². The number of amides is 1. The lowest BCUT2D eigenvalue weighted by molar-refractivity contribution is 0.102. The van der Waals surface area contributed by atoms with E-state index in [-0.39, 0.29) is 16.1 Å². The monoisotopic (exact) mass is 347 g/mol. The molecule has 0 aliphatic carbocycles. The van der Waals surface area contributed by atoms with Gasteiger partial charge in [-0.2, -0.15) is 0 Å². The Hall–Kier alpha value is -2.34. The summed E-state index contributed by atoms with van der Waals surface area (Å²) < 4.78 is 22.9. The minimum Gasteiger partial charge on any atom is -0.506 e. The highest BCUT2D eigenvalue weighted by molar-refractivity contribution is 7.90. The van der Waals surface area contributed by atoms with Crippen LogP contribution in [0.15, 0.2) is 47.4 Å². The van der Waals surface area contributed by atoms with E-state index in [1.165, 1.54) is 24.3 Å². The number of anilines is 1. The smallest absolute Gasteiger partial charge is 0.255 e. The predicted octanol–water partition coefficient (Wildman–Crippen LogP) is 3.35. The molecule has 0 radical (unpaired) electrons. The Morgan fingerprint density at radius 3 is 2.12 bits per heavy atom. The number of hydrogen-bond donors (Lipinski definition) is 2. The number of sulfone groups is 1. The van der Waals surface area contributed by atoms with Crippen LogP contribution < -0.4 is 5.32 Å². The summed E-state index contributed by atoms with van der Waals surface area (Å²) in [6.07, 6.45) is 1.11. The van der Waals surface area contributed by atoms with Crippen LogP contribution in [0.25, 0.3) is 0 Å². The highest BCUT2D eigenvalue weighted by atomic mass is 32.2. The van der Waals surface area contributed by atoms with Gasteiger partial charge in [0.2, 0.25) is 0 Å². The third-order valence-electron chi connectivity index (χ3n) is 3.66. The van der Waals surface area contributed by atoms with Crippen LogP contribution in [-0.2, 0) is 15.3 Å². The van der Waals surface area contributed by atoms with E-state index in [0.29, 0.717) is 11.3 Å². The molecule has 2 aromatic rings. The van der Waals surface area contributed by atoms with Crippen molar-refractivity contribution in [1.29, 1.82) is 0 Å². The second kappa shape index (κ2) is 6.28. The molecule has 0 unspecified atom stereocenters. The van der Waals surface area contributed by atoms with Gasteiger partial charge in [-0.05, 0) is 47.4 Å². The van der Waals surface area contributed by atoms with Crippen molar-refractivity contribution in [2.24, 2.45) is 0 Å². The fourth-order valence-corrected chi connectivity index (χ4v) is 2.78. The Kier molecular flexibility index (Phi) is 4.71. The Morgan fingerprint density at radius 1 is 1.04 bits per heavy atom. The quantitative estimate of drug-likeness (QED) is 0.834. The molecular weight excluding hydrogens is 326 g/mol. The first kappa shape index (κ1) is 18.0. The number of benzene rings is 2. The molecule has 128 valence electrons. The molecule has 5 nitrogen and oxygen atoms in total. The molecule has 0 saturated carbocycles. The van der Waals surface area contributed by atoms with Gasteiger partial charge >= 0.3 is 0 Å². The van der Waals surface area contributed by atoms with Crippen LogP contribution in [0.5, 0.6) is 5.75 Å². The van der Waals surface area contributed by atoms with E-state index in [1.54, 1.807) is 12.1 Å². The molecule has 0 saturated heterocycles. The zero-order valence-corrected chi connectivity index (χ0v) is 14.9. The van der Waals surface area contributed by atoms with Crippen molar-refractivity contribution >= 4 is 21.4 Å². The minimum atomic E-state index is -3.30. The third-order valence-corrected chi connectivity index (χ3v) is 4.78. The molecular formula is C18H21NO4S. The van der Waals surface area contributed by atoms with Crippen LogP contribution in [0.1, 0.15) is 36.7 Å². The Morgan fingerprint density at radius 2 is 1.62 bits per heavy atom. The van der Waals surface area contributed by atoms with Crippen molar-refractivity contribution in [2.75, 3.05) is 11.6 Å². The van der Waals surface area contributed by atoms with E-state index in [4.69, 9.17) is 0 Å². The molecule has 1 amide bonds. The van der Waals surface area contributed by atoms with Crippen molar-refractivity contribution in [3.05, 3.63) is 53.6 Å². The first-order chi connectivity index (χ1) is 11.0. The van der Waals surface area contributed by atoms with Crippen molar-refractivity contribution in [3.63, 3.8) is 0 Å². The molecule has 0 bridgehead atoms. The molecule has 0 aliphatic heterocycles. The summed E-state index contributed by atoms with van der Waals surface area (Å²) in [6.45, 7) is 6.11. The third kappa shape index (κ3) is 4.14. The number of carbonyl (C=O) groups excluding carboxylic acids is 1. The van der Waals surface area contributed by atoms with E-state index >= 15 is 0 Å². The molecule has 0 aromatic heterocycles. The maximum Gasteiger partial charge on any atom is 0.255 e. The Balaban J connectivity index is 2.27. The molecule has 0 heterocycles. The second-order valence-corrected chi connectivity index (χ2v) is 8.75. The largest absolute Gasteiger partial charge is 0.506 e. The number of hydrogen-bond acceptors (Lipinski definition) is 4. The van der Waals surface area contributed by atoms with Crippen LogP contribution in [0, 0.1) is 0 Å². The van der Waals surface area contributed by atoms with Gasteiger partial charge in [0, 0.05) is 11.8 Å². The average molecular weight is 347 g/mol. The number of rotatable bonds is 3. The van der Waals surface area contributed by atoms with Crippen LogP contribution in [0.2, 0.25) is 0 Å². The fraction of sp³-hybridized carbons (Fsp3) is 0.278. The fourth-order valence-electron chi connectivity index (χ4n) is 2.15. The van der Waals surface area contributed by atoms with Gasteiger partial charge in [0.25, 0.3) is 5.91 Å². The van der Waals surface area contributed by atoms with Gasteiger partial charge in [0.05, 0.1) is 10.6 Å². The van der Waals surface area contributed by atoms with Gasteiger partial charge < -0.3 is 10.4 Å². The molecule has 24 heavy (non-hydrogen) atoms. The first-order valence-corrected chi connectivity index (χ1v) is 9.32. The zero-order valence-electron chi connectivity index (χ0n) is 14.1. The van der Waals surface area contributed by atoms with E-state index in [9.17, 15) is 18.3 Å². The van der Waals surface area contributed by atoms with E-state index in [1.807, 2.05) is 26.8 Å². The van der Waals surface area contributed by atoms with Crippen molar-refractivity contribution in [2.45, 2.75) is 31.1 Å². The van der Waals surface area contributed by atoms with Crippen molar-refractivity contribution in [3.8, 4) is 5.75 Å². The highest BCUT2D eigenvalue weighted by Crippen LogP contribution is 2.31. The molecule has 2 rings (SSSR count). The van der Waals surface area contributed by atoms with E-state index in [0.717, 1.165) is 11.8 Å². The van der Waals surface area contributed by atoms with E-state index < -0.39 is 15.7 Å². The number of carbonyl (C=O) groups is 1. The number of nitrogens with one attached hydrogen (secondary N) is 1. The molecule has 2 N–H and O–H groups in total. The summed E-state index contributed by atoms with van der Waals surface area (Å²) >= 11 is 0. The lowest BCUT2D eigenvalue weighted by Crippen LogP contribution is -2.15. The highest BCUT2D eigenvalue weighted by Gasteiger charge is 2.17. The Bertz CT molecular complexity index is 863. The van der Waals surface area contributed by atoms with Gasteiger partial charge in [-0.15, -0.1) is 0 Å². The molecule has 0 fully saturated rings. The van der Waals surface area contributed by atoms with Crippen LogP contribution in [0.4, 0.5) is 5.69 Å².